The van der Waals surface area contributed by atoms with Crippen LogP contribution in [0.2, 0.25) is 5.02 Å². The number of ether oxygens (including phenoxy) is 2. The maximum Gasteiger partial charge on any atom is 0.338 e. The molecule has 0 radical (unpaired) electrons. The van der Waals surface area contributed by atoms with Gasteiger partial charge in [0.05, 0.1) is 23.1 Å². The molecule has 0 saturated carbocycles. The minimum atomic E-state index is -0.650. The van der Waals surface area contributed by atoms with E-state index in [4.69, 9.17) is 33.3 Å². The van der Waals surface area contributed by atoms with Gasteiger partial charge in [-0.05, 0) is 55.9 Å². The van der Waals surface area contributed by atoms with Gasteiger partial charge in [0.2, 0.25) is 0 Å². The summed E-state index contributed by atoms with van der Waals surface area (Å²) >= 11 is 11.3. The molecular weight excluding hydrogens is 508 g/mol. The van der Waals surface area contributed by atoms with Crippen LogP contribution in [0.4, 0.5) is 11.4 Å². The number of rotatable bonds is 9. The summed E-state index contributed by atoms with van der Waals surface area (Å²) in [7, 11) is 1.52. The molecular formula is C24H25ClN4O6S. The van der Waals surface area contributed by atoms with Crippen LogP contribution < -0.4 is 10.6 Å². The van der Waals surface area contributed by atoms with Gasteiger partial charge in [0.1, 0.15) is 11.6 Å². The molecule has 0 fully saturated rings. The summed E-state index contributed by atoms with van der Waals surface area (Å²) in [5.41, 5.74) is 2.04. The predicted molar refractivity (Wildman–Crippen MR) is 139 cm³/mol. The topological polar surface area (TPSA) is 123 Å². The molecule has 0 spiro atoms. The van der Waals surface area contributed by atoms with Gasteiger partial charge >= 0.3 is 5.97 Å². The average Bonchev–Trinajstić information content (AvgIpc) is 2.84. The van der Waals surface area contributed by atoms with Crippen LogP contribution in [0.1, 0.15) is 35.8 Å². The average molecular weight is 533 g/mol. The number of nitrogens with one attached hydrogen (secondary N) is 2. The molecule has 0 saturated heterocycles. The molecule has 0 unspecified atom stereocenters. The Labute approximate surface area is 218 Å². The van der Waals surface area contributed by atoms with Crippen LogP contribution >= 0.6 is 23.8 Å². The van der Waals surface area contributed by atoms with Gasteiger partial charge in [0.25, 0.3) is 11.6 Å². The Morgan fingerprint density at radius 2 is 1.92 bits per heavy atom. The molecule has 1 aliphatic heterocycles. The molecule has 12 heteroatoms. The van der Waals surface area contributed by atoms with Gasteiger partial charge in [-0.1, -0.05) is 23.7 Å². The van der Waals surface area contributed by atoms with E-state index in [0.717, 1.165) is 11.6 Å². The van der Waals surface area contributed by atoms with Crippen molar-refractivity contribution >= 4 is 52.2 Å². The number of nitrogens with zero attached hydrogens (tertiary/aromatic N) is 2. The van der Waals surface area contributed by atoms with Gasteiger partial charge in [-0.3, -0.25) is 14.9 Å². The number of carbonyl (C=O) groups is 2. The monoisotopic (exact) mass is 532 g/mol. The van der Waals surface area contributed by atoms with Crippen molar-refractivity contribution in [2.45, 2.75) is 19.9 Å². The van der Waals surface area contributed by atoms with Gasteiger partial charge in [-0.25, -0.2) is 4.79 Å². The first-order valence-electron chi connectivity index (χ1n) is 11.0. The molecule has 190 valence electrons. The molecule has 1 heterocycles. The van der Waals surface area contributed by atoms with Crippen LogP contribution in [-0.2, 0) is 14.3 Å². The first kappa shape index (κ1) is 27.1. The van der Waals surface area contributed by atoms with E-state index in [1.54, 1.807) is 24.3 Å². The summed E-state index contributed by atoms with van der Waals surface area (Å²) < 4.78 is 10.3. The highest BCUT2D eigenvalue weighted by Crippen LogP contribution is 2.32. The fourth-order valence-electron chi connectivity index (χ4n) is 3.73. The molecule has 0 aliphatic carbocycles. The van der Waals surface area contributed by atoms with E-state index in [2.05, 4.69) is 10.6 Å². The molecule has 0 aromatic heterocycles. The number of esters is 1. The Morgan fingerprint density at radius 1 is 1.22 bits per heavy atom. The van der Waals surface area contributed by atoms with Crippen molar-refractivity contribution in [1.29, 1.82) is 0 Å². The number of anilines is 1. The standard InChI is InChI=1S/C24H25ClN4O6S/c1-4-28-14(2)20(23(31)35-12-11-34-3)21(27-24(28)36)15-5-8-17(9-6-15)26-22(30)16-7-10-18(25)19(13-16)29(32)33/h5-10,13,21H,4,11-12H2,1-3H3,(H,26,30)(H,27,36)/t21-/m1/s1. The number of nitro benzene ring substituents is 1. The minimum Gasteiger partial charge on any atom is -0.460 e. The normalized spacial score (nSPS) is 15.4. The zero-order chi connectivity index (χ0) is 26.4. The van der Waals surface area contributed by atoms with Crippen LogP contribution in [0.15, 0.2) is 53.7 Å². The molecule has 36 heavy (non-hydrogen) atoms. The molecule has 2 aromatic rings. The number of methoxy groups -OCH3 is 1. The number of allylic oxidation sites excluding steroid dienone is 1. The molecule has 0 bridgehead atoms. The van der Waals surface area contributed by atoms with Gasteiger partial charge in [-0.15, -0.1) is 0 Å². The maximum absolute atomic E-state index is 12.9. The van der Waals surface area contributed by atoms with Crippen LogP contribution in [0.3, 0.4) is 0 Å². The molecule has 1 amide bonds. The first-order valence-corrected chi connectivity index (χ1v) is 11.8. The Morgan fingerprint density at radius 3 is 2.53 bits per heavy atom. The number of hydrogen-bond acceptors (Lipinski definition) is 7. The van der Waals surface area contributed by atoms with Crippen molar-refractivity contribution in [1.82, 2.24) is 10.2 Å². The van der Waals surface area contributed by atoms with E-state index >= 15 is 0 Å². The fraction of sp³-hybridized carbons (Fsp3) is 0.292. The Hall–Kier alpha value is -3.54. The quantitative estimate of drug-likeness (QED) is 0.161. The number of nitro groups is 1. The number of halogens is 1. The molecule has 3 rings (SSSR count). The Balaban J connectivity index is 1.83. The largest absolute Gasteiger partial charge is 0.460 e. The van der Waals surface area contributed by atoms with Crippen molar-refractivity contribution in [3.05, 3.63) is 80.0 Å². The Kier molecular flexibility index (Phi) is 8.97. The summed E-state index contributed by atoms with van der Waals surface area (Å²) in [4.78, 5) is 37.8. The van der Waals surface area contributed by atoms with Crippen molar-refractivity contribution in [3.63, 3.8) is 0 Å². The van der Waals surface area contributed by atoms with E-state index in [-0.39, 0.29) is 29.5 Å². The van der Waals surface area contributed by atoms with Crippen molar-refractivity contribution < 1.29 is 24.0 Å². The lowest BCUT2D eigenvalue weighted by atomic mass is 9.95. The zero-order valence-electron chi connectivity index (χ0n) is 19.9. The van der Waals surface area contributed by atoms with Crippen LogP contribution in [-0.4, -0.2) is 53.7 Å². The van der Waals surface area contributed by atoms with Crippen molar-refractivity contribution in [2.75, 3.05) is 32.2 Å². The van der Waals surface area contributed by atoms with E-state index in [1.807, 2.05) is 18.7 Å². The second kappa shape index (κ2) is 11.9. The van der Waals surface area contributed by atoms with Crippen molar-refractivity contribution in [3.8, 4) is 0 Å². The van der Waals surface area contributed by atoms with E-state index in [0.29, 0.717) is 28.6 Å². The number of benzene rings is 2. The molecule has 1 atom stereocenters. The van der Waals surface area contributed by atoms with Crippen LogP contribution in [0.25, 0.3) is 0 Å². The molecule has 2 aromatic carbocycles. The highest BCUT2D eigenvalue weighted by Gasteiger charge is 2.34. The number of hydrogen-bond donors (Lipinski definition) is 2. The van der Waals surface area contributed by atoms with E-state index < -0.39 is 22.8 Å². The molecule has 1 aliphatic rings. The molecule has 10 nitrogen and oxygen atoms in total. The lowest BCUT2D eigenvalue weighted by Crippen LogP contribution is -2.47. The zero-order valence-corrected chi connectivity index (χ0v) is 21.4. The van der Waals surface area contributed by atoms with Gasteiger partial charge in [0.15, 0.2) is 5.11 Å². The summed E-state index contributed by atoms with van der Waals surface area (Å²) in [5.74, 6) is -1.01. The van der Waals surface area contributed by atoms with Gasteiger partial charge < -0.3 is 25.0 Å². The third-order valence-corrected chi connectivity index (χ3v) is 6.22. The highest BCUT2D eigenvalue weighted by molar-refractivity contribution is 7.80. The lowest BCUT2D eigenvalue weighted by Gasteiger charge is -2.37. The summed E-state index contributed by atoms with van der Waals surface area (Å²) in [6.45, 7) is 4.71. The van der Waals surface area contributed by atoms with E-state index in [9.17, 15) is 19.7 Å². The summed E-state index contributed by atoms with van der Waals surface area (Å²) in [5, 5.41) is 17.4. The number of thiocarbonyl (C=S) groups is 1. The highest BCUT2D eigenvalue weighted by atomic mass is 35.5. The van der Waals surface area contributed by atoms with Crippen LogP contribution in [0.5, 0.6) is 0 Å². The Bertz CT molecular complexity index is 1220. The lowest BCUT2D eigenvalue weighted by molar-refractivity contribution is -0.384. The SMILES string of the molecule is CCN1C(=S)N[C@H](c2ccc(NC(=O)c3ccc(Cl)c([N+](=O)[O-])c3)cc2)C(C(=O)OCCOC)=C1C. The van der Waals surface area contributed by atoms with Crippen molar-refractivity contribution in [2.24, 2.45) is 0 Å². The second-order valence-electron chi connectivity index (χ2n) is 7.75. The molecule has 2 N–H and O–H groups in total. The smallest absolute Gasteiger partial charge is 0.338 e. The predicted octanol–water partition coefficient (Wildman–Crippen LogP) is 4.22. The van der Waals surface area contributed by atoms with Crippen LogP contribution in [0, 0.1) is 10.1 Å². The van der Waals surface area contributed by atoms with E-state index in [1.165, 1.54) is 19.2 Å². The second-order valence-corrected chi connectivity index (χ2v) is 8.55. The maximum atomic E-state index is 12.9. The first-order chi connectivity index (χ1) is 17.2. The van der Waals surface area contributed by atoms with Gasteiger partial charge in [-0.2, -0.15) is 0 Å². The number of amides is 1. The third-order valence-electron chi connectivity index (χ3n) is 5.56. The number of carbonyl (C=O) groups excluding carboxylic acids is 2. The summed E-state index contributed by atoms with van der Waals surface area (Å²) in [6.07, 6.45) is 0. The minimum absolute atomic E-state index is 0.0552. The fourth-order valence-corrected chi connectivity index (χ4v) is 4.30. The van der Waals surface area contributed by atoms with Gasteiger partial charge in [0, 0.05) is 36.7 Å². The summed E-state index contributed by atoms with van der Waals surface area (Å²) in [6, 6.07) is 10.1. The third kappa shape index (κ3) is 5.99.